The number of amides is 1. The molecule has 0 atom stereocenters. The van der Waals surface area contributed by atoms with E-state index in [1.54, 1.807) is 41.3 Å². The van der Waals surface area contributed by atoms with Crippen molar-refractivity contribution < 1.29 is 13.2 Å². The highest BCUT2D eigenvalue weighted by Gasteiger charge is 2.28. The largest absolute Gasteiger partial charge is 0.307 e. The third kappa shape index (κ3) is 3.96. The molecule has 0 fully saturated rings. The molecule has 7 heteroatoms. The molecular weight excluding hydrogens is 410 g/mol. The van der Waals surface area contributed by atoms with Crippen LogP contribution < -0.4 is 4.90 Å². The van der Waals surface area contributed by atoms with Crippen molar-refractivity contribution in [3.05, 3.63) is 83.4 Å². The van der Waals surface area contributed by atoms with Crippen LogP contribution in [0.5, 0.6) is 0 Å². The van der Waals surface area contributed by atoms with Gasteiger partial charge < -0.3 is 4.90 Å². The second-order valence-corrected chi connectivity index (χ2v) is 9.77. The molecule has 1 heterocycles. The fourth-order valence-electron chi connectivity index (χ4n) is 3.61. The van der Waals surface area contributed by atoms with E-state index in [1.807, 2.05) is 30.3 Å². The molecule has 0 saturated carbocycles. The summed E-state index contributed by atoms with van der Waals surface area (Å²) in [6.07, 6.45) is 0.343. The van der Waals surface area contributed by atoms with E-state index in [2.05, 4.69) is 6.07 Å². The van der Waals surface area contributed by atoms with Gasteiger partial charge in [0, 0.05) is 19.8 Å². The van der Waals surface area contributed by atoms with Crippen molar-refractivity contribution in [1.82, 2.24) is 4.31 Å². The van der Waals surface area contributed by atoms with Gasteiger partial charge in [0.2, 0.25) is 15.9 Å². The Morgan fingerprint density at radius 2 is 1.61 bits per heavy atom. The third-order valence-electron chi connectivity index (χ3n) is 5.41. The summed E-state index contributed by atoms with van der Waals surface area (Å²) in [4.78, 5) is 14.6. The van der Waals surface area contributed by atoms with Gasteiger partial charge in [-0.05, 0) is 52.6 Å². The molecule has 0 unspecified atom stereocenters. The van der Waals surface area contributed by atoms with E-state index in [-0.39, 0.29) is 10.8 Å². The lowest BCUT2D eigenvalue weighted by atomic mass is 10.0. The molecular formula is C24H21N3O3S. The van der Waals surface area contributed by atoms with E-state index in [9.17, 15) is 13.2 Å². The minimum Gasteiger partial charge on any atom is -0.307 e. The first-order valence-electron chi connectivity index (χ1n) is 9.75. The lowest BCUT2D eigenvalue weighted by Gasteiger charge is -2.19. The fraction of sp³-hybridized carbons (Fsp3) is 0.167. The first kappa shape index (κ1) is 20.8. The fourth-order valence-corrected chi connectivity index (χ4v) is 4.51. The summed E-state index contributed by atoms with van der Waals surface area (Å²) in [6.45, 7) is 0.366. The predicted octanol–water partition coefficient (Wildman–Crippen LogP) is 3.56. The summed E-state index contributed by atoms with van der Waals surface area (Å²) in [7, 11) is -0.500. The number of carbonyl (C=O) groups excluding carboxylic acids is 1. The third-order valence-corrected chi connectivity index (χ3v) is 7.24. The van der Waals surface area contributed by atoms with E-state index in [0.717, 1.165) is 27.9 Å². The molecule has 156 valence electrons. The number of carbonyl (C=O) groups is 1. The first-order chi connectivity index (χ1) is 14.8. The monoisotopic (exact) mass is 431 g/mol. The number of nitriles is 1. The Morgan fingerprint density at radius 1 is 0.968 bits per heavy atom. The number of fused-ring (bicyclic) bond motifs is 1. The Balaban J connectivity index is 1.61. The number of sulfonamides is 1. The molecule has 31 heavy (non-hydrogen) atoms. The molecule has 4 rings (SSSR count). The molecule has 0 saturated heterocycles. The minimum atomic E-state index is -3.49. The van der Waals surface area contributed by atoms with Gasteiger partial charge in [-0.15, -0.1) is 0 Å². The van der Waals surface area contributed by atoms with Crippen LogP contribution in [0.2, 0.25) is 0 Å². The van der Waals surface area contributed by atoms with Crippen molar-refractivity contribution in [3.8, 4) is 17.2 Å². The molecule has 3 aromatic rings. The van der Waals surface area contributed by atoms with E-state index < -0.39 is 10.0 Å². The van der Waals surface area contributed by atoms with Gasteiger partial charge in [0.15, 0.2) is 0 Å². The van der Waals surface area contributed by atoms with Crippen molar-refractivity contribution >= 4 is 21.6 Å². The SMILES string of the molecule is CN(C)S(=O)(=O)c1ccc(CN2C(=O)Cc3ccc(-c4ccc(C#N)cc4)cc32)cc1. The molecule has 3 aromatic carbocycles. The van der Waals surface area contributed by atoms with Gasteiger partial charge in [-0.1, -0.05) is 36.4 Å². The zero-order chi connectivity index (χ0) is 22.2. The summed E-state index contributed by atoms with van der Waals surface area (Å²) in [5.41, 5.74) is 5.21. The van der Waals surface area contributed by atoms with Crippen molar-refractivity contribution in [1.29, 1.82) is 5.26 Å². The highest BCUT2D eigenvalue weighted by Crippen LogP contribution is 2.34. The van der Waals surface area contributed by atoms with Crippen molar-refractivity contribution in [2.75, 3.05) is 19.0 Å². The second kappa shape index (κ2) is 7.99. The maximum atomic E-state index is 12.7. The van der Waals surface area contributed by atoms with Gasteiger partial charge in [0.25, 0.3) is 0 Å². The topological polar surface area (TPSA) is 81.5 Å². The zero-order valence-corrected chi connectivity index (χ0v) is 18.1. The number of hydrogen-bond acceptors (Lipinski definition) is 4. The van der Waals surface area contributed by atoms with Crippen molar-refractivity contribution in [2.24, 2.45) is 0 Å². The van der Waals surface area contributed by atoms with E-state index in [4.69, 9.17) is 5.26 Å². The Morgan fingerprint density at radius 3 is 2.23 bits per heavy atom. The van der Waals surface area contributed by atoms with Crippen molar-refractivity contribution in [3.63, 3.8) is 0 Å². The van der Waals surface area contributed by atoms with Crippen molar-refractivity contribution in [2.45, 2.75) is 17.9 Å². The van der Waals surface area contributed by atoms with Crippen LogP contribution in [0, 0.1) is 11.3 Å². The molecule has 0 bridgehead atoms. The van der Waals surface area contributed by atoms with Crippen LogP contribution in [0.3, 0.4) is 0 Å². The summed E-state index contributed by atoms with van der Waals surface area (Å²) < 4.78 is 25.7. The van der Waals surface area contributed by atoms with Crippen LogP contribution in [-0.4, -0.2) is 32.7 Å². The van der Waals surface area contributed by atoms with Crippen LogP contribution in [0.25, 0.3) is 11.1 Å². The summed E-state index contributed by atoms with van der Waals surface area (Å²) in [6, 6.07) is 22.0. The van der Waals surface area contributed by atoms with Gasteiger partial charge >= 0.3 is 0 Å². The maximum absolute atomic E-state index is 12.7. The maximum Gasteiger partial charge on any atom is 0.242 e. The minimum absolute atomic E-state index is 0.0111. The summed E-state index contributed by atoms with van der Waals surface area (Å²) in [5, 5.41) is 8.99. The van der Waals surface area contributed by atoms with Crippen LogP contribution in [0.15, 0.2) is 71.6 Å². The highest BCUT2D eigenvalue weighted by molar-refractivity contribution is 7.89. The number of anilines is 1. The van der Waals surface area contributed by atoms with Crippen LogP contribution >= 0.6 is 0 Å². The molecule has 0 radical (unpaired) electrons. The normalized spacial score (nSPS) is 13.4. The van der Waals surface area contributed by atoms with Crippen LogP contribution in [-0.2, 0) is 27.8 Å². The lowest BCUT2D eigenvalue weighted by molar-refractivity contribution is -0.117. The lowest BCUT2D eigenvalue weighted by Crippen LogP contribution is -2.26. The Bertz CT molecular complexity index is 1290. The molecule has 0 aromatic heterocycles. The smallest absolute Gasteiger partial charge is 0.242 e. The quantitative estimate of drug-likeness (QED) is 0.619. The number of benzene rings is 3. The Labute approximate surface area is 182 Å². The second-order valence-electron chi connectivity index (χ2n) is 7.62. The Kier molecular flexibility index (Phi) is 5.36. The predicted molar refractivity (Wildman–Crippen MR) is 119 cm³/mol. The van der Waals surface area contributed by atoms with E-state index in [1.165, 1.54) is 18.4 Å². The van der Waals surface area contributed by atoms with E-state index in [0.29, 0.717) is 18.5 Å². The molecule has 1 aliphatic rings. The molecule has 0 aliphatic carbocycles. The van der Waals surface area contributed by atoms with Gasteiger partial charge in [0.1, 0.15) is 0 Å². The van der Waals surface area contributed by atoms with Gasteiger partial charge in [0.05, 0.1) is 29.5 Å². The summed E-state index contributed by atoms with van der Waals surface area (Å²) >= 11 is 0. The molecule has 1 amide bonds. The number of nitrogens with zero attached hydrogens (tertiary/aromatic N) is 3. The zero-order valence-electron chi connectivity index (χ0n) is 17.2. The van der Waals surface area contributed by atoms with Gasteiger partial charge in [-0.3, -0.25) is 4.79 Å². The first-order valence-corrected chi connectivity index (χ1v) is 11.2. The number of hydrogen-bond donors (Lipinski definition) is 0. The molecule has 0 N–H and O–H groups in total. The van der Waals surface area contributed by atoms with Crippen LogP contribution in [0.4, 0.5) is 5.69 Å². The summed E-state index contributed by atoms with van der Waals surface area (Å²) in [5.74, 6) is 0.0111. The van der Waals surface area contributed by atoms with Gasteiger partial charge in [-0.25, -0.2) is 12.7 Å². The van der Waals surface area contributed by atoms with E-state index >= 15 is 0 Å². The number of rotatable bonds is 5. The average Bonchev–Trinajstić information content (AvgIpc) is 3.08. The molecule has 1 aliphatic heterocycles. The highest BCUT2D eigenvalue weighted by atomic mass is 32.2. The molecule has 0 spiro atoms. The van der Waals surface area contributed by atoms with Crippen LogP contribution in [0.1, 0.15) is 16.7 Å². The Hall–Kier alpha value is -3.47. The average molecular weight is 432 g/mol. The van der Waals surface area contributed by atoms with Gasteiger partial charge in [-0.2, -0.15) is 5.26 Å². The standard InChI is InChI=1S/C24H21N3O3S/c1-26(2)31(29,30)22-11-5-18(6-12-22)16-27-23-13-20(9-10-21(23)14-24(27)28)19-7-3-17(15-25)4-8-19/h3-13H,14,16H2,1-2H3. The molecule has 6 nitrogen and oxygen atoms in total.